The molecule has 1 fully saturated rings. The highest BCUT2D eigenvalue weighted by Crippen LogP contribution is 2.61. The molecule has 0 radical (unpaired) electrons. The lowest BCUT2D eigenvalue weighted by atomic mass is 9.87. The summed E-state index contributed by atoms with van der Waals surface area (Å²) >= 11 is 0. The van der Waals surface area contributed by atoms with Crippen LogP contribution in [0.2, 0.25) is 0 Å². The normalized spacial score (nSPS) is 18.5. The number of ether oxygens (including phenoxy) is 1. The van der Waals surface area contributed by atoms with Crippen molar-refractivity contribution in [2.45, 2.75) is 106 Å². The van der Waals surface area contributed by atoms with E-state index in [0.29, 0.717) is 29.2 Å². The standard InChI is InChI=1S/C30H36N4O3.C4H10.C2H6/c1-6-28-33-26(18-34(28)19(2)3)21-9-11-30(15-24(30)14-21)16-25(10-12-35)32-29(36)22-7-8-27(37-20(4)5)23(13-22)17-31;1-3-4-2;1-2/h7-9,11,13-14,18,20,24-25,35H,2,6,10,12,15-16H2,1,3-5H3,(H,32,36);3-4H2,1-2H3;1-2H3/t24?,25-,30?;;/m1../s1. The Hall–Kier alpha value is -3.63. The number of imidazole rings is 1. The molecule has 1 saturated carbocycles. The van der Waals surface area contributed by atoms with Crippen LogP contribution in [0.1, 0.15) is 115 Å². The number of hydrogen-bond donors (Lipinski definition) is 2. The quantitative estimate of drug-likeness (QED) is 0.262. The second-order valence-electron chi connectivity index (χ2n) is 11.4. The number of hydrogen-bond acceptors (Lipinski definition) is 5. The van der Waals surface area contributed by atoms with Crippen molar-refractivity contribution in [2.75, 3.05) is 6.61 Å². The highest BCUT2D eigenvalue weighted by molar-refractivity contribution is 5.95. The van der Waals surface area contributed by atoms with Crippen LogP contribution in [0.15, 0.2) is 49.2 Å². The molecule has 2 N–H and O–H groups in total. The number of fused-ring (bicyclic) bond motifs is 1. The number of allylic oxidation sites excluding steroid dienone is 5. The Labute approximate surface area is 259 Å². The molecule has 1 aromatic heterocycles. The van der Waals surface area contributed by atoms with Gasteiger partial charge in [0.25, 0.3) is 5.91 Å². The van der Waals surface area contributed by atoms with Crippen LogP contribution >= 0.6 is 0 Å². The predicted molar refractivity (Wildman–Crippen MR) is 177 cm³/mol. The minimum atomic E-state index is -0.256. The van der Waals surface area contributed by atoms with E-state index >= 15 is 0 Å². The fraction of sp³-hybridized carbons (Fsp3) is 0.528. The van der Waals surface area contributed by atoms with Gasteiger partial charge in [0.1, 0.15) is 17.6 Å². The zero-order chi connectivity index (χ0) is 32.2. The SMILES string of the molecule is C=C(C)n1cc(C2=CC3CC3(C[C@@H](CCO)NC(=O)c3ccc(OC(C)C)c(C#N)c3)C=C2)nc1CC.CC.CCCC. The smallest absolute Gasteiger partial charge is 0.251 e. The van der Waals surface area contributed by atoms with Gasteiger partial charge in [0.15, 0.2) is 0 Å². The Balaban J connectivity index is 0.000000993. The first kappa shape index (κ1) is 35.6. The first-order valence-electron chi connectivity index (χ1n) is 15.9. The monoisotopic (exact) mass is 588 g/mol. The van der Waals surface area contributed by atoms with Crippen LogP contribution in [0.5, 0.6) is 5.75 Å². The molecule has 1 aromatic carbocycles. The lowest BCUT2D eigenvalue weighted by Gasteiger charge is -2.24. The average molecular weight is 589 g/mol. The molecular weight excluding hydrogens is 536 g/mol. The minimum absolute atomic E-state index is 0.0146. The van der Waals surface area contributed by atoms with Crippen molar-refractivity contribution in [1.29, 1.82) is 5.26 Å². The summed E-state index contributed by atoms with van der Waals surface area (Å²) in [5.74, 6) is 1.59. The molecule has 2 unspecified atom stereocenters. The van der Waals surface area contributed by atoms with Gasteiger partial charge in [-0.2, -0.15) is 5.26 Å². The Morgan fingerprint density at radius 2 is 1.98 bits per heavy atom. The van der Waals surface area contributed by atoms with Gasteiger partial charge >= 0.3 is 0 Å². The van der Waals surface area contributed by atoms with Gasteiger partial charge in [0.05, 0.1) is 17.4 Å². The Bertz CT molecular complexity index is 1330. The van der Waals surface area contributed by atoms with E-state index in [1.807, 2.05) is 39.2 Å². The van der Waals surface area contributed by atoms with Crippen molar-refractivity contribution in [3.8, 4) is 11.8 Å². The maximum absolute atomic E-state index is 13.1. The van der Waals surface area contributed by atoms with Crippen molar-refractivity contribution in [2.24, 2.45) is 11.3 Å². The highest BCUT2D eigenvalue weighted by atomic mass is 16.5. The van der Waals surface area contributed by atoms with Crippen LogP contribution in [0, 0.1) is 22.7 Å². The third-order valence-corrected chi connectivity index (χ3v) is 7.62. The number of aromatic nitrogens is 2. The summed E-state index contributed by atoms with van der Waals surface area (Å²) in [6.07, 6.45) is 14.3. The number of carbonyl (C=O) groups is 1. The molecule has 0 aliphatic heterocycles. The third-order valence-electron chi connectivity index (χ3n) is 7.62. The molecule has 4 rings (SSSR count). The molecule has 0 spiro atoms. The van der Waals surface area contributed by atoms with Crippen LogP contribution in [-0.2, 0) is 6.42 Å². The summed E-state index contributed by atoms with van der Waals surface area (Å²) < 4.78 is 7.71. The van der Waals surface area contributed by atoms with Gasteiger partial charge in [0.2, 0.25) is 0 Å². The number of aliphatic hydroxyl groups is 1. The van der Waals surface area contributed by atoms with Crippen molar-refractivity contribution >= 4 is 17.2 Å². The van der Waals surface area contributed by atoms with E-state index in [-0.39, 0.29) is 30.1 Å². The van der Waals surface area contributed by atoms with Crippen LogP contribution in [-0.4, -0.2) is 39.3 Å². The molecule has 3 atom stereocenters. The fourth-order valence-corrected chi connectivity index (χ4v) is 5.13. The lowest BCUT2D eigenvalue weighted by molar-refractivity contribution is 0.0923. The second kappa shape index (κ2) is 16.9. The van der Waals surface area contributed by atoms with E-state index in [0.717, 1.165) is 42.1 Å². The van der Waals surface area contributed by atoms with Gasteiger partial charge in [-0.3, -0.25) is 4.79 Å². The van der Waals surface area contributed by atoms with Crippen LogP contribution < -0.4 is 10.1 Å². The molecule has 43 heavy (non-hydrogen) atoms. The van der Waals surface area contributed by atoms with E-state index in [2.05, 4.69) is 63.2 Å². The molecule has 7 heteroatoms. The number of aryl methyl sites for hydroxylation is 1. The summed E-state index contributed by atoms with van der Waals surface area (Å²) in [5.41, 5.74) is 3.73. The number of unbranched alkanes of at least 4 members (excludes halogenated alkanes) is 1. The lowest BCUT2D eigenvalue weighted by Crippen LogP contribution is -2.37. The van der Waals surface area contributed by atoms with Gasteiger partial charge in [-0.15, -0.1) is 0 Å². The minimum Gasteiger partial charge on any atom is -0.490 e. The average Bonchev–Trinajstić information content (AvgIpc) is 3.53. The Morgan fingerprint density at radius 3 is 2.49 bits per heavy atom. The predicted octanol–water partition coefficient (Wildman–Crippen LogP) is 7.96. The number of nitrogens with one attached hydrogen (secondary N) is 1. The van der Waals surface area contributed by atoms with Crippen LogP contribution in [0.3, 0.4) is 0 Å². The molecule has 7 nitrogen and oxygen atoms in total. The van der Waals surface area contributed by atoms with Gasteiger partial charge in [-0.1, -0.05) is 72.3 Å². The summed E-state index contributed by atoms with van der Waals surface area (Å²) in [6.45, 7) is 20.3. The van der Waals surface area contributed by atoms with Crippen LogP contribution in [0.4, 0.5) is 0 Å². The maximum atomic E-state index is 13.1. The number of nitriles is 1. The Kier molecular flexibility index (Phi) is 13.9. The molecule has 0 bridgehead atoms. The van der Waals surface area contributed by atoms with Crippen molar-refractivity contribution < 1.29 is 14.6 Å². The van der Waals surface area contributed by atoms with Gasteiger partial charge in [-0.05, 0) is 75.1 Å². The van der Waals surface area contributed by atoms with Crippen molar-refractivity contribution in [1.82, 2.24) is 14.9 Å². The number of aliphatic hydroxyl groups excluding tert-OH is 1. The third kappa shape index (κ3) is 9.43. The van der Waals surface area contributed by atoms with Crippen molar-refractivity contribution in [3.63, 3.8) is 0 Å². The molecule has 0 saturated heterocycles. The largest absolute Gasteiger partial charge is 0.490 e. The second-order valence-corrected chi connectivity index (χ2v) is 11.4. The zero-order valence-corrected chi connectivity index (χ0v) is 27.5. The van der Waals surface area contributed by atoms with Gasteiger partial charge < -0.3 is 19.7 Å². The van der Waals surface area contributed by atoms with Crippen LogP contribution in [0.25, 0.3) is 11.3 Å². The summed E-state index contributed by atoms with van der Waals surface area (Å²) in [6, 6.07) is 6.83. The molecule has 1 amide bonds. The topological polar surface area (TPSA) is 100 Å². The van der Waals surface area contributed by atoms with E-state index in [1.54, 1.807) is 18.2 Å². The van der Waals surface area contributed by atoms with E-state index in [9.17, 15) is 15.2 Å². The van der Waals surface area contributed by atoms with Gasteiger partial charge in [-0.25, -0.2) is 4.98 Å². The number of amides is 1. The molecular formula is C36H52N4O3. The van der Waals surface area contributed by atoms with E-state index in [4.69, 9.17) is 9.72 Å². The summed E-state index contributed by atoms with van der Waals surface area (Å²) in [4.78, 5) is 17.9. The first-order valence-corrected chi connectivity index (χ1v) is 15.9. The molecule has 234 valence electrons. The fourth-order valence-electron chi connectivity index (χ4n) is 5.13. The molecule has 2 aliphatic carbocycles. The molecule has 2 aromatic rings. The molecule has 2 aliphatic rings. The van der Waals surface area contributed by atoms with Gasteiger partial charge in [0, 0.05) is 36.5 Å². The zero-order valence-electron chi connectivity index (χ0n) is 27.5. The number of carbonyl (C=O) groups excluding carboxylic acids is 1. The van der Waals surface area contributed by atoms with E-state index in [1.165, 1.54) is 12.8 Å². The summed E-state index contributed by atoms with van der Waals surface area (Å²) in [7, 11) is 0. The first-order chi connectivity index (χ1) is 20.6. The highest BCUT2D eigenvalue weighted by Gasteiger charge is 2.53. The maximum Gasteiger partial charge on any atom is 0.251 e. The van der Waals surface area contributed by atoms with Crippen molar-refractivity contribution in [3.05, 3.63) is 71.8 Å². The number of nitrogens with zero attached hydrogens (tertiary/aromatic N) is 3. The van der Waals surface area contributed by atoms with E-state index < -0.39 is 0 Å². The molecule has 1 heterocycles. The summed E-state index contributed by atoms with van der Waals surface area (Å²) in [5, 5.41) is 22.3. The Morgan fingerprint density at radius 1 is 1.28 bits per heavy atom. The number of benzene rings is 1. The number of rotatable bonds is 12.